The molecule has 0 aliphatic heterocycles. The Morgan fingerprint density at radius 3 is 2.46 bits per heavy atom. The second kappa shape index (κ2) is 5.40. The average molecular weight is 308 g/mol. The van der Waals surface area contributed by atoms with Crippen molar-refractivity contribution in [3.8, 4) is 0 Å². The number of ether oxygens (including phenoxy) is 1. The van der Waals surface area contributed by atoms with Crippen LogP contribution in [-0.4, -0.2) is 11.8 Å². The van der Waals surface area contributed by atoms with Crippen LogP contribution in [0.15, 0.2) is 28.7 Å². The molecule has 0 aliphatic carbocycles. The van der Waals surface area contributed by atoms with Crippen molar-refractivity contribution < 1.29 is 9.53 Å². The van der Waals surface area contributed by atoms with E-state index in [9.17, 15) is 4.79 Å². The Balaban J connectivity index is 2.78. The molecular weight excluding hydrogens is 300 g/mol. The van der Waals surface area contributed by atoms with Crippen LogP contribution in [0.2, 0.25) is 0 Å². The van der Waals surface area contributed by atoms with E-state index in [0.29, 0.717) is 11.8 Å². The van der Waals surface area contributed by atoms with Gasteiger partial charge in [-0.05, 0) is 17.7 Å². The first-order valence-electron chi connectivity index (χ1n) is 3.68. The van der Waals surface area contributed by atoms with Gasteiger partial charge in [-0.25, -0.2) is 0 Å². The molecule has 0 bridgehead atoms. The van der Waals surface area contributed by atoms with Gasteiger partial charge < -0.3 is 4.74 Å². The Morgan fingerprint density at radius 2 is 2.00 bits per heavy atom. The van der Waals surface area contributed by atoms with Gasteiger partial charge >= 0.3 is 0 Å². The zero-order valence-electron chi connectivity index (χ0n) is 6.74. The lowest BCUT2D eigenvalue weighted by Gasteiger charge is -2.11. The van der Waals surface area contributed by atoms with Crippen LogP contribution in [0.25, 0.3) is 0 Å². The number of halogens is 2. The Labute approximate surface area is 93.5 Å². The molecule has 0 radical (unpaired) electrons. The van der Waals surface area contributed by atoms with E-state index in [-0.39, 0.29) is 6.10 Å². The van der Waals surface area contributed by atoms with E-state index >= 15 is 0 Å². The minimum atomic E-state index is -0.203. The minimum Gasteiger partial charge on any atom is -0.459 e. The largest absolute Gasteiger partial charge is 0.459 e. The summed E-state index contributed by atoms with van der Waals surface area (Å²) in [5, 5.41) is 0.605. The fourth-order valence-electron chi connectivity index (χ4n) is 0.949. The summed E-state index contributed by atoms with van der Waals surface area (Å²) in [6, 6.07) is 7.66. The van der Waals surface area contributed by atoms with Gasteiger partial charge in [0.05, 0.1) is 0 Å². The fraction of sp³-hybridized carbons (Fsp3) is 0.222. The summed E-state index contributed by atoms with van der Waals surface area (Å²) in [5.41, 5.74) is 0.979. The van der Waals surface area contributed by atoms with Crippen LogP contribution in [0, 0.1) is 0 Å². The molecule has 70 valence electrons. The first-order valence-corrected chi connectivity index (χ1v) is 5.60. The number of carbonyl (C=O) groups is 1. The molecule has 0 heterocycles. The van der Waals surface area contributed by atoms with Crippen molar-refractivity contribution in [2.75, 3.05) is 5.33 Å². The molecule has 1 atom stereocenters. The van der Waals surface area contributed by atoms with Gasteiger partial charge in [-0.1, -0.05) is 44.0 Å². The maximum Gasteiger partial charge on any atom is 0.293 e. The van der Waals surface area contributed by atoms with Crippen molar-refractivity contribution >= 4 is 38.3 Å². The van der Waals surface area contributed by atoms with Gasteiger partial charge in [0.1, 0.15) is 6.10 Å². The summed E-state index contributed by atoms with van der Waals surface area (Å²) in [5.74, 6) is 0. The van der Waals surface area contributed by atoms with Crippen LogP contribution >= 0.6 is 31.9 Å². The Morgan fingerprint density at radius 1 is 1.38 bits per heavy atom. The highest BCUT2D eigenvalue weighted by molar-refractivity contribution is 9.10. The lowest BCUT2D eigenvalue weighted by molar-refractivity contribution is -0.132. The number of carbonyl (C=O) groups excluding carboxylic acids is 1. The lowest BCUT2D eigenvalue weighted by atomic mass is 10.1. The van der Waals surface area contributed by atoms with Gasteiger partial charge in [0.25, 0.3) is 6.47 Å². The van der Waals surface area contributed by atoms with Crippen molar-refractivity contribution in [1.29, 1.82) is 0 Å². The quantitative estimate of drug-likeness (QED) is 0.631. The van der Waals surface area contributed by atoms with Gasteiger partial charge in [0.2, 0.25) is 0 Å². The predicted octanol–water partition coefficient (Wildman–Crippen LogP) is 3.06. The summed E-state index contributed by atoms with van der Waals surface area (Å²) in [6.07, 6.45) is -0.203. The third-order valence-electron chi connectivity index (χ3n) is 1.60. The molecule has 0 saturated heterocycles. The third kappa shape index (κ3) is 3.12. The van der Waals surface area contributed by atoms with Crippen molar-refractivity contribution in [3.63, 3.8) is 0 Å². The van der Waals surface area contributed by atoms with E-state index in [4.69, 9.17) is 4.74 Å². The molecule has 0 saturated carbocycles. The van der Waals surface area contributed by atoms with Gasteiger partial charge in [-0.3, -0.25) is 4.79 Å². The molecule has 1 rings (SSSR count). The zero-order chi connectivity index (χ0) is 9.68. The molecule has 1 aromatic rings. The number of benzene rings is 1. The number of hydrogen-bond acceptors (Lipinski definition) is 2. The fourth-order valence-corrected chi connectivity index (χ4v) is 1.74. The molecule has 0 fully saturated rings. The smallest absolute Gasteiger partial charge is 0.293 e. The Hall–Kier alpha value is -0.350. The van der Waals surface area contributed by atoms with E-state index in [1.54, 1.807) is 0 Å². The lowest BCUT2D eigenvalue weighted by Crippen LogP contribution is -2.03. The molecular formula is C9H8Br2O2. The summed E-state index contributed by atoms with van der Waals surface area (Å²) < 4.78 is 5.88. The maximum absolute atomic E-state index is 10.2. The van der Waals surface area contributed by atoms with Crippen LogP contribution in [0.3, 0.4) is 0 Å². The van der Waals surface area contributed by atoms with Gasteiger partial charge in [0.15, 0.2) is 0 Å². The number of alkyl halides is 1. The van der Waals surface area contributed by atoms with E-state index < -0.39 is 0 Å². The van der Waals surface area contributed by atoms with Crippen molar-refractivity contribution in [1.82, 2.24) is 0 Å². The van der Waals surface area contributed by atoms with Crippen LogP contribution in [0.4, 0.5) is 0 Å². The van der Waals surface area contributed by atoms with Crippen LogP contribution in [0.5, 0.6) is 0 Å². The Bertz CT molecular complexity index is 271. The summed E-state index contributed by atoms with van der Waals surface area (Å²) in [6.45, 7) is 0.466. The topological polar surface area (TPSA) is 26.3 Å². The second-order valence-corrected chi connectivity index (χ2v) is 3.99. The highest BCUT2D eigenvalue weighted by Crippen LogP contribution is 2.20. The van der Waals surface area contributed by atoms with E-state index in [1.807, 2.05) is 24.3 Å². The first kappa shape index (κ1) is 10.7. The van der Waals surface area contributed by atoms with Crippen molar-refractivity contribution in [2.24, 2.45) is 0 Å². The van der Waals surface area contributed by atoms with E-state index in [2.05, 4.69) is 31.9 Å². The maximum atomic E-state index is 10.2. The molecule has 0 amide bonds. The molecule has 4 heteroatoms. The molecule has 1 aromatic carbocycles. The van der Waals surface area contributed by atoms with Gasteiger partial charge in [-0.2, -0.15) is 0 Å². The molecule has 0 aliphatic rings. The van der Waals surface area contributed by atoms with Gasteiger partial charge in [-0.15, -0.1) is 0 Å². The van der Waals surface area contributed by atoms with Crippen LogP contribution in [0.1, 0.15) is 11.7 Å². The average Bonchev–Trinajstić information content (AvgIpc) is 2.16. The minimum absolute atomic E-state index is 0.203. The number of hydrogen-bond donors (Lipinski definition) is 0. The van der Waals surface area contributed by atoms with Gasteiger partial charge in [0, 0.05) is 9.80 Å². The Kier molecular flexibility index (Phi) is 4.45. The second-order valence-electron chi connectivity index (χ2n) is 2.43. The highest BCUT2D eigenvalue weighted by Gasteiger charge is 2.09. The van der Waals surface area contributed by atoms with E-state index in [0.717, 1.165) is 10.0 Å². The summed E-state index contributed by atoms with van der Waals surface area (Å²) in [4.78, 5) is 10.2. The standard InChI is InChI=1S/C9H8Br2O2/c10-5-9(13-6-12)7-1-3-8(11)4-2-7/h1-4,6,9H,5H2. The van der Waals surface area contributed by atoms with Crippen molar-refractivity contribution in [3.05, 3.63) is 34.3 Å². The predicted molar refractivity (Wildman–Crippen MR) is 57.8 cm³/mol. The third-order valence-corrected chi connectivity index (χ3v) is 2.72. The van der Waals surface area contributed by atoms with E-state index in [1.165, 1.54) is 0 Å². The zero-order valence-corrected chi connectivity index (χ0v) is 9.92. The molecule has 0 N–H and O–H groups in total. The monoisotopic (exact) mass is 306 g/mol. The number of rotatable bonds is 4. The molecule has 0 aromatic heterocycles. The molecule has 13 heavy (non-hydrogen) atoms. The summed E-state index contributed by atoms with van der Waals surface area (Å²) in [7, 11) is 0. The molecule has 2 nitrogen and oxygen atoms in total. The van der Waals surface area contributed by atoms with Crippen LogP contribution in [-0.2, 0) is 9.53 Å². The normalized spacial score (nSPS) is 12.2. The summed E-state index contributed by atoms with van der Waals surface area (Å²) >= 11 is 6.61. The van der Waals surface area contributed by atoms with Crippen molar-refractivity contribution in [2.45, 2.75) is 6.10 Å². The highest BCUT2D eigenvalue weighted by atomic mass is 79.9. The van der Waals surface area contributed by atoms with Crippen LogP contribution < -0.4 is 0 Å². The SMILES string of the molecule is O=COC(CBr)c1ccc(Br)cc1. The molecule has 1 unspecified atom stereocenters. The first-order chi connectivity index (χ1) is 6.27. The molecule has 0 spiro atoms.